The standard InChI is InChI=1S/C19H19N3O4S/c1-21(13-15-8-10-16(11-9-15)19(23)26-2)27(24,25)18-12-20-22(14-18)17-6-4-3-5-7-17/h3-12,14H,13H2,1-2H3. The minimum atomic E-state index is -3.70. The summed E-state index contributed by atoms with van der Waals surface area (Å²) in [6.07, 6.45) is 2.82. The summed E-state index contributed by atoms with van der Waals surface area (Å²) in [7, 11) is -0.882. The average Bonchev–Trinajstić information content (AvgIpc) is 3.19. The molecule has 0 saturated carbocycles. The SMILES string of the molecule is COC(=O)c1ccc(CN(C)S(=O)(=O)c2cnn(-c3ccccc3)c2)cc1. The van der Waals surface area contributed by atoms with Crippen LogP contribution in [0.5, 0.6) is 0 Å². The van der Waals surface area contributed by atoms with Crippen molar-refractivity contribution in [3.8, 4) is 5.69 Å². The predicted octanol–water partition coefficient (Wildman–Crippen LogP) is 2.48. The number of hydrogen-bond donors (Lipinski definition) is 0. The van der Waals surface area contributed by atoms with Crippen molar-refractivity contribution in [2.24, 2.45) is 0 Å². The second-order valence-electron chi connectivity index (χ2n) is 5.91. The number of para-hydroxylation sites is 1. The van der Waals surface area contributed by atoms with Gasteiger partial charge in [-0.05, 0) is 29.8 Å². The topological polar surface area (TPSA) is 81.5 Å². The van der Waals surface area contributed by atoms with Crippen molar-refractivity contribution in [1.29, 1.82) is 0 Å². The summed E-state index contributed by atoms with van der Waals surface area (Å²) >= 11 is 0. The van der Waals surface area contributed by atoms with Gasteiger partial charge >= 0.3 is 5.97 Å². The molecule has 0 spiro atoms. The molecule has 3 aromatic rings. The third-order valence-electron chi connectivity index (χ3n) is 4.07. The lowest BCUT2D eigenvalue weighted by molar-refractivity contribution is 0.0600. The van der Waals surface area contributed by atoms with Gasteiger partial charge in [-0.2, -0.15) is 9.40 Å². The van der Waals surface area contributed by atoms with E-state index in [1.807, 2.05) is 30.3 Å². The number of sulfonamides is 1. The zero-order valence-corrected chi connectivity index (χ0v) is 15.8. The van der Waals surface area contributed by atoms with Gasteiger partial charge in [-0.3, -0.25) is 0 Å². The van der Waals surface area contributed by atoms with Gasteiger partial charge in [0.05, 0.1) is 30.8 Å². The molecule has 3 rings (SSSR count). The van der Waals surface area contributed by atoms with Gasteiger partial charge in [0.2, 0.25) is 10.0 Å². The van der Waals surface area contributed by atoms with Gasteiger partial charge in [-0.25, -0.2) is 17.9 Å². The second-order valence-corrected chi connectivity index (χ2v) is 7.95. The van der Waals surface area contributed by atoms with Gasteiger partial charge in [0.15, 0.2) is 0 Å². The molecule has 27 heavy (non-hydrogen) atoms. The Morgan fingerprint density at radius 3 is 2.41 bits per heavy atom. The first kappa shape index (κ1) is 18.8. The van der Waals surface area contributed by atoms with Gasteiger partial charge in [0, 0.05) is 13.6 Å². The summed E-state index contributed by atoms with van der Waals surface area (Å²) in [5, 5.41) is 4.14. The first-order valence-corrected chi connectivity index (χ1v) is 9.59. The van der Waals surface area contributed by atoms with Crippen molar-refractivity contribution in [3.05, 3.63) is 78.1 Å². The van der Waals surface area contributed by atoms with Crippen LogP contribution in [0.3, 0.4) is 0 Å². The van der Waals surface area contributed by atoms with Crippen LogP contribution in [0.4, 0.5) is 0 Å². The molecular formula is C19H19N3O4S. The van der Waals surface area contributed by atoms with Crippen molar-refractivity contribution in [2.45, 2.75) is 11.4 Å². The molecule has 0 unspecified atom stereocenters. The van der Waals surface area contributed by atoms with E-state index in [9.17, 15) is 13.2 Å². The number of hydrogen-bond acceptors (Lipinski definition) is 5. The first-order valence-electron chi connectivity index (χ1n) is 8.15. The lowest BCUT2D eigenvalue weighted by Crippen LogP contribution is -2.26. The molecule has 8 heteroatoms. The monoisotopic (exact) mass is 385 g/mol. The van der Waals surface area contributed by atoms with Gasteiger partial charge in [-0.1, -0.05) is 30.3 Å². The molecule has 0 saturated heterocycles. The Bertz CT molecular complexity index is 1030. The normalized spacial score (nSPS) is 11.5. The molecule has 0 bridgehead atoms. The Hall–Kier alpha value is -2.97. The van der Waals surface area contributed by atoms with E-state index in [1.54, 1.807) is 24.3 Å². The maximum Gasteiger partial charge on any atom is 0.337 e. The molecule has 0 radical (unpaired) electrons. The zero-order chi connectivity index (χ0) is 19.4. The van der Waals surface area contributed by atoms with E-state index >= 15 is 0 Å². The summed E-state index contributed by atoms with van der Waals surface area (Å²) in [6, 6.07) is 15.9. The second kappa shape index (κ2) is 7.73. The van der Waals surface area contributed by atoms with Gasteiger partial charge in [-0.15, -0.1) is 0 Å². The van der Waals surface area contributed by atoms with Crippen molar-refractivity contribution >= 4 is 16.0 Å². The van der Waals surface area contributed by atoms with Crippen LogP contribution in [0.2, 0.25) is 0 Å². The van der Waals surface area contributed by atoms with Gasteiger partial charge in [0.1, 0.15) is 4.90 Å². The average molecular weight is 385 g/mol. The van der Waals surface area contributed by atoms with Crippen LogP contribution in [-0.2, 0) is 21.3 Å². The summed E-state index contributed by atoms with van der Waals surface area (Å²) < 4.78 is 33.0. The molecule has 0 amide bonds. The predicted molar refractivity (Wildman–Crippen MR) is 100.0 cm³/mol. The van der Waals surface area contributed by atoms with Gasteiger partial charge < -0.3 is 4.74 Å². The third-order valence-corrected chi connectivity index (χ3v) is 5.82. The molecule has 7 nitrogen and oxygen atoms in total. The van der Waals surface area contributed by atoms with E-state index in [2.05, 4.69) is 9.84 Å². The van der Waals surface area contributed by atoms with E-state index < -0.39 is 16.0 Å². The van der Waals surface area contributed by atoms with Crippen LogP contribution in [0, 0.1) is 0 Å². The Kier molecular flexibility index (Phi) is 5.38. The number of carbonyl (C=O) groups excluding carboxylic acids is 1. The lowest BCUT2D eigenvalue weighted by Gasteiger charge is -2.16. The van der Waals surface area contributed by atoms with Crippen LogP contribution in [0.1, 0.15) is 15.9 Å². The fourth-order valence-corrected chi connectivity index (χ4v) is 3.64. The van der Waals surface area contributed by atoms with Crippen molar-refractivity contribution in [3.63, 3.8) is 0 Å². The highest BCUT2D eigenvalue weighted by Crippen LogP contribution is 2.18. The van der Waals surface area contributed by atoms with E-state index in [0.717, 1.165) is 11.3 Å². The number of carbonyl (C=O) groups is 1. The Morgan fingerprint density at radius 2 is 1.78 bits per heavy atom. The number of rotatable bonds is 6. The van der Waals surface area contributed by atoms with Crippen LogP contribution in [0.15, 0.2) is 71.9 Å². The number of nitrogens with zero attached hydrogens (tertiary/aromatic N) is 3. The van der Waals surface area contributed by atoms with E-state index in [1.165, 1.54) is 35.5 Å². The molecular weight excluding hydrogens is 366 g/mol. The van der Waals surface area contributed by atoms with Crippen LogP contribution in [0.25, 0.3) is 5.69 Å². The highest BCUT2D eigenvalue weighted by atomic mass is 32.2. The number of methoxy groups -OCH3 is 1. The molecule has 0 aliphatic heterocycles. The molecule has 140 valence electrons. The van der Waals surface area contributed by atoms with E-state index in [-0.39, 0.29) is 11.4 Å². The summed E-state index contributed by atoms with van der Waals surface area (Å²) in [5.41, 5.74) is 1.94. The lowest BCUT2D eigenvalue weighted by atomic mass is 10.1. The summed E-state index contributed by atoms with van der Waals surface area (Å²) in [5.74, 6) is -0.434. The van der Waals surface area contributed by atoms with Gasteiger partial charge in [0.25, 0.3) is 0 Å². The van der Waals surface area contributed by atoms with Crippen molar-refractivity contribution in [2.75, 3.05) is 14.2 Å². The maximum absolute atomic E-state index is 12.8. The third kappa shape index (κ3) is 4.07. The molecule has 1 aromatic heterocycles. The number of aromatic nitrogens is 2. The Balaban J connectivity index is 1.77. The Labute approximate surface area is 157 Å². The summed E-state index contributed by atoms with van der Waals surface area (Å²) in [6.45, 7) is 0.167. The first-order chi connectivity index (χ1) is 12.9. The fourth-order valence-electron chi connectivity index (χ4n) is 2.55. The molecule has 0 aliphatic rings. The van der Waals surface area contributed by atoms with Crippen molar-refractivity contribution in [1.82, 2.24) is 14.1 Å². The quantitative estimate of drug-likeness (QED) is 0.609. The fraction of sp³-hybridized carbons (Fsp3) is 0.158. The van der Waals surface area contributed by atoms with Crippen LogP contribution < -0.4 is 0 Å². The number of benzene rings is 2. The largest absolute Gasteiger partial charge is 0.465 e. The van der Waals surface area contributed by atoms with Crippen molar-refractivity contribution < 1.29 is 17.9 Å². The molecule has 1 heterocycles. The maximum atomic E-state index is 12.8. The highest BCUT2D eigenvalue weighted by molar-refractivity contribution is 7.89. The number of ether oxygens (including phenoxy) is 1. The minimum absolute atomic E-state index is 0.111. The smallest absolute Gasteiger partial charge is 0.337 e. The number of esters is 1. The van der Waals surface area contributed by atoms with E-state index in [0.29, 0.717) is 5.56 Å². The minimum Gasteiger partial charge on any atom is -0.465 e. The zero-order valence-electron chi connectivity index (χ0n) is 14.9. The molecule has 0 fully saturated rings. The molecule has 2 aromatic carbocycles. The van der Waals surface area contributed by atoms with E-state index in [4.69, 9.17) is 0 Å². The molecule has 0 N–H and O–H groups in total. The summed E-state index contributed by atoms with van der Waals surface area (Å²) in [4.78, 5) is 11.6. The molecule has 0 atom stereocenters. The highest BCUT2D eigenvalue weighted by Gasteiger charge is 2.23. The Morgan fingerprint density at radius 1 is 1.11 bits per heavy atom. The molecule has 0 aliphatic carbocycles. The van der Waals surface area contributed by atoms with Crippen LogP contribution >= 0.6 is 0 Å². The van der Waals surface area contributed by atoms with Crippen LogP contribution in [-0.4, -0.2) is 42.6 Å².